The maximum atomic E-state index is 13.6. The smallest absolute Gasteiger partial charge is 0.251 e. The summed E-state index contributed by atoms with van der Waals surface area (Å²) in [7, 11) is 0. The van der Waals surface area contributed by atoms with E-state index in [0.717, 1.165) is 25.7 Å². The van der Waals surface area contributed by atoms with E-state index in [1.165, 1.54) is 12.5 Å². The van der Waals surface area contributed by atoms with Crippen molar-refractivity contribution in [3.05, 3.63) is 71.0 Å². The van der Waals surface area contributed by atoms with Crippen molar-refractivity contribution in [3.8, 4) is 0 Å². The molecule has 1 fully saturated rings. The minimum atomic E-state index is -0.345. The first-order chi connectivity index (χ1) is 12.6. The molecule has 2 aromatic rings. The number of carbonyl (C=O) groups is 2. The molecule has 0 aliphatic heterocycles. The highest BCUT2D eigenvalue weighted by Gasteiger charge is 2.17. The molecule has 26 heavy (non-hydrogen) atoms. The maximum absolute atomic E-state index is 13.6. The molecule has 2 N–H and O–H groups in total. The molecule has 0 aromatic heterocycles. The predicted molar refractivity (Wildman–Crippen MR) is 98.4 cm³/mol. The number of nitrogens with one attached hydrogen (secondary N) is 2. The highest BCUT2D eigenvalue weighted by Crippen LogP contribution is 2.18. The Morgan fingerprint density at radius 2 is 1.50 bits per heavy atom. The van der Waals surface area contributed by atoms with Crippen molar-refractivity contribution in [1.29, 1.82) is 0 Å². The molecular formula is C21H23FN2O2. The molecule has 4 nitrogen and oxygen atoms in total. The highest BCUT2D eigenvalue weighted by atomic mass is 19.1. The molecule has 0 heterocycles. The number of amides is 2. The van der Waals surface area contributed by atoms with Gasteiger partial charge in [0.15, 0.2) is 0 Å². The second kappa shape index (κ2) is 8.61. The SMILES string of the molecule is O=C(NCc1ccccc1F)c1ccc(C(=O)NC2CCCCC2)cc1. The van der Waals surface area contributed by atoms with Gasteiger partial charge >= 0.3 is 0 Å². The van der Waals surface area contributed by atoms with Crippen molar-refractivity contribution in [2.45, 2.75) is 44.7 Å². The Kier molecular flexibility index (Phi) is 6.00. The third-order valence-corrected chi connectivity index (χ3v) is 4.75. The summed E-state index contributed by atoms with van der Waals surface area (Å²) in [4.78, 5) is 24.5. The fourth-order valence-corrected chi connectivity index (χ4v) is 3.21. The van der Waals surface area contributed by atoms with E-state index in [0.29, 0.717) is 16.7 Å². The van der Waals surface area contributed by atoms with Crippen LogP contribution < -0.4 is 10.6 Å². The molecule has 0 radical (unpaired) electrons. The average molecular weight is 354 g/mol. The van der Waals surface area contributed by atoms with Gasteiger partial charge < -0.3 is 10.6 Å². The number of carbonyl (C=O) groups excluding carboxylic acids is 2. The summed E-state index contributed by atoms with van der Waals surface area (Å²) >= 11 is 0. The van der Waals surface area contributed by atoms with Crippen molar-refractivity contribution < 1.29 is 14.0 Å². The van der Waals surface area contributed by atoms with Gasteiger partial charge in [0.25, 0.3) is 11.8 Å². The van der Waals surface area contributed by atoms with Gasteiger partial charge in [-0.15, -0.1) is 0 Å². The standard InChI is InChI=1S/C21H23FN2O2/c22-19-9-5-4-6-17(19)14-23-20(25)15-10-12-16(13-11-15)21(26)24-18-7-2-1-3-8-18/h4-6,9-13,18H,1-3,7-8,14H2,(H,23,25)(H,24,26). The zero-order chi connectivity index (χ0) is 18.4. The van der Waals surface area contributed by atoms with Crippen LogP contribution >= 0.6 is 0 Å². The second-order valence-electron chi connectivity index (χ2n) is 6.66. The topological polar surface area (TPSA) is 58.2 Å². The van der Waals surface area contributed by atoms with E-state index in [1.54, 1.807) is 42.5 Å². The van der Waals surface area contributed by atoms with E-state index in [1.807, 2.05) is 0 Å². The Morgan fingerprint density at radius 3 is 2.15 bits per heavy atom. The monoisotopic (exact) mass is 354 g/mol. The van der Waals surface area contributed by atoms with Crippen molar-refractivity contribution in [2.75, 3.05) is 0 Å². The molecular weight excluding hydrogens is 331 g/mol. The first-order valence-electron chi connectivity index (χ1n) is 9.06. The first-order valence-corrected chi connectivity index (χ1v) is 9.06. The minimum Gasteiger partial charge on any atom is -0.349 e. The normalized spacial score (nSPS) is 14.7. The molecule has 0 spiro atoms. The quantitative estimate of drug-likeness (QED) is 0.858. The molecule has 136 valence electrons. The highest BCUT2D eigenvalue weighted by molar-refractivity contribution is 5.97. The lowest BCUT2D eigenvalue weighted by atomic mass is 9.95. The van der Waals surface area contributed by atoms with Gasteiger partial charge in [0.1, 0.15) is 5.82 Å². The molecule has 5 heteroatoms. The Labute approximate surface area is 152 Å². The van der Waals surface area contributed by atoms with Crippen LogP contribution in [-0.2, 0) is 6.54 Å². The molecule has 1 saturated carbocycles. The molecule has 1 aliphatic rings. The van der Waals surface area contributed by atoms with Crippen molar-refractivity contribution in [2.24, 2.45) is 0 Å². The number of rotatable bonds is 5. The van der Waals surface area contributed by atoms with Gasteiger partial charge in [-0.3, -0.25) is 9.59 Å². The summed E-state index contributed by atoms with van der Waals surface area (Å²) in [6.45, 7) is 0.120. The van der Waals surface area contributed by atoms with Gasteiger partial charge in [0.05, 0.1) is 0 Å². The van der Waals surface area contributed by atoms with E-state index in [-0.39, 0.29) is 30.2 Å². The van der Waals surface area contributed by atoms with Crippen molar-refractivity contribution >= 4 is 11.8 Å². The van der Waals surface area contributed by atoms with Crippen LogP contribution in [0.2, 0.25) is 0 Å². The fraction of sp³-hybridized carbons (Fsp3) is 0.333. The Morgan fingerprint density at radius 1 is 0.885 bits per heavy atom. The molecule has 0 bridgehead atoms. The van der Waals surface area contributed by atoms with E-state index in [4.69, 9.17) is 0 Å². The van der Waals surface area contributed by atoms with Crippen LogP contribution in [-0.4, -0.2) is 17.9 Å². The Balaban J connectivity index is 1.55. The van der Waals surface area contributed by atoms with Crippen LogP contribution in [0.4, 0.5) is 4.39 Å². The molecule has 0 saturated heterocycles. The number of benzene rings is 2. The van der Waals surface area contributed by atoms with Gasteiger partial charge in [-0.2, -0.15) is 0 Å². The lowest BCUT2D eigenvalue weighted by molar-refractivity contribution is 0.0922. The summed E-state index contributed by atoms with van der Waals surface area (Å²) in [6.07, 6.45) is 5.62. The number of hydrogen-bond acceptors (Lipinski definition) is 2. The molecule has 1 aliphatic carbocycles. The first kappa shape index (κ1) is 18.1. The third kappa shape index (κ3) is 4.69. The van der Waals surface area contributed by atoms with Gasteiger partial charge in [0.2, 0.25) is 0 Å². The third-order valence-electron chi connectivity index (χ3n) is 4.75. The Bertz CT molecular complexity index is 768. The van der Waals surface area contributed by atoms with Crippen molar-refractivity contribution in [3.63, 3.8) is 0 Å². The van der Waals surface area contributed by atoms with Crippen molar-refractivity contribution in [1.82, 2.24) is 10.6 Å². The summed E-state index contributed by atoms with van der Waals surface area (Å²) in [5.74, 6) is -0.745. The van der Waals surface area contributed by atoms with E-state index >= 15 is 0 Å². The molecule has 3 rings (SSSR count). The summed E-state index contributed by atoms with van der Waals surface area (Å²) in [6, 6.07) is 13.1. The second-order valence-corrected chi connectivity index (χ2v) is 6.66. The number of halogens is 1. The summed E-state index contributed by atoms with van der Waals surface area (Å²) < 4.78 is 13.6. The zero-order valence-corrected chi connectivity index (χ0v) is 14.6. The van der Waals surface area contributed by atoms with E-state index in [9.17, 15) is 14.0 Å². The molecule has 2 amide bonds. The van der Waals surface area contributed by atoms with Gasteiger partial charge in [-0.25, -0.2) is 4.39 Å². The van der Waals surface area contributed by atoms with Crippen LogP contribution in [0.25, 0.3) is 0 Å². The molecule has 0 atom stereocenters. The minimum absolute atomic E-state index is 0.102. The Hall–Kier alpha value is -2.69. The average Bonchev–Trinajstić information content (AvgIpc) is 2.68. The van der Waals surface area contributed by atoms with Crippen LogP contribution in [0.5, 0.6) is 0 Å². The van der Waals surface area contributed by atoms with Crippen LogP contribution in [0, 0.1) is 5.82 Å². The van der Waals surface area contributed by atoms with E-state index < -0.39 is 0 Å². The van der Waals surface area contributed by atoms with Crippen LogP contribution in [0.3, 0.4) is 0 Å². The largest absolute Gasteiger partial charge is 0.349 e. The lowest BCUT2D eigenvalue weighted by Crippen LogP contribution is -2.36. The lowest BCUT2D eigenvalue weighted by Gasteiger charge is -2.22. The fourth-order valence-electron chi connectivity index (χ4n) is 3.21. The van der Waals surface area contributed by atoms with Gasteiger partial charge in [0, 0.05) is 29.3 Å². The summed E-state index contributed by atoms with van der Waals surface area (Å²) in [5, 5.41) is 5.75. The van der Waals surface area contributed by atoms with Gasteiger partial charge in [-0.05, 0) is 43.2 Å². The predicted octanol–water partition coefficient (Wildman–Crippen LogP) is 3.82. The van der Waals surface area contributed by atoms with Gasteiger partial charge in [-0.1, -0.05) is 37.5 Å². The molecule has 0 unspecified atom stereocenters. The van der Waals surface area contributed by atoms with Crippen LogP contribution in [0.1, 0.15) is 58.4 Å². The summed E-state index contributed by atoms with van der Waals surface area (Å²) in [5.41, 5.74) is 1.42. The number of hydrogen-bond donors (Lipinski definition) is 2. The zero-order valence-electron chi connectivity index (χ0n) is 14.6. The van der Waals surface area contributed by atoms with E-state index in [2.05, 4.69) is 10.6 Å². The molecule has 2 aromatic carbocycles. The maximum Gasteiger partial charge on any atom is 0.251 e. The van der Waals surface area contributed by atoms with Crippen LogP contribution in [0.15, 0.2) is 48.5 Å².